The van der Waals surface area contributed by atoms with E-state index in [0.717, 1.165) is 37.5 Å². The Morgan fingerprint density at radius 1 is 1.19 bits per heavy atom. The predicted octanol–water partition coefficient (Wildman–Crippen LogP) is 2.12. The van der Waals surface area contributed by atoms with Crippen molar-refractivity contribution in [1.82, 2.24) is 0 Å². The van der Waals surface area contributed by atoms with E-state index in [2.05, 4.69) is 13.8 Å². The fourth-order valence-corrected chi connectivity index (χ4v) is 5.48. The zero-order valence-electron chi connectivity index (χ0n) is 13.3. The number of carbonyl (C=O) groups excluding carboxylic acids is 1. The lowest BCUT2D eigenvalue weighted by Crippen LogP contribution is -2.63. The van der Waals surface area contributed by atoms with Crippen LogP contribution < -0.4 is 0 Å². The van der Waals surface area contributed by atoms with Gasteiger partial charge in [-0.2, -0.15) is 0 Å². The van der Waals surface area contributed by atoms with Crippen molar-refractivity contribution in [2.24, 2.45) is 29.6 Å². The van der Waals surface area contributed by atoms with E-state index in [1.165, 1.54) is 13.3 Å². The highest BCUT2D eigenvalue weighted by atomic mass is 16.6. The maximum Gasteiger partial charge on any atom is 0.340 e. The average Bonchev–Trinajstić information content (AvgIpc) is 2.41. The van der Waals surface area contributed by atoms with E-state index < -0.39 is 23.8 Å². The number of aliphatic hydroxyl groups excluding tert-OH is 1. The van der Waals surface area contributed by atoms with Crippen molar-refractivity contribution < 1.29 is 19.7 Å². The van der Waals surface area contributed by atoms with Crippen molar-refractivity contribution in [3.8, 4) is 0 Å². The van der Waals surface area contributed by atoms with Gasteiger partial charge in [-0.05, 0) is 68.6 Å². The van der Waals surface area contributed by atoms with Crippen molar-refractivity contribution in [2.75, 3.05) is 6.61 Å². The van der Waals surface area contributed by atoms with Crippen molar-refractivity contribution in [3.63, 3.8) is 0 Å². The van der Waals surface area contributed by atoms with Gasteiger partial charge in [-0.25, -0.2) is 4.79 Å². The van der Waals surface area contributed by atoms with Gasteiger partial charge >= 0.3 is 5.97 Å². The van der Waals surface area contributed by atoms with Gasteiger partial charge in [0.25, 0.3) is 0 Å². The molecule has 0 saturated heterocycles. The predicted molar refractivity (Wildman–Crippen MR) is 78.4 cm³/mol. The minimum Gasteiger partial charge on any atom is -0.456 e. The molecule has 4 aliphatic carbocycles. The fraction of sp³-hybridized carbons (Fsp3) is 0.941. The van der Waals surface area contributed by atoms with Gasteiger partial charge in [0.15, 0.2) is 5.60 Å². The molecular formula is C17H28O4. The highest BCUT2D eigenvalue weighted by Gasteiger charge is 2.61. The first kappa shape index (κ1) is 15.3. The molecule has 4 fully saturated rings. The van der Waals surface area contributed by atoms with E-state index in [4.69, 9.17) is 4.74 Å². The molecule has 0 radical (unpaired) electrons. The van der Waals surface area contributed by atoms with Crippen LogP contribution in [0.1, 0.15) is 52.9 Å². The van der Waals surface area contributed by atoms with Crippen LogP contribution in [0.15, 0.2) is 0 Å². The van der Waals surface area contributed by atoms with E-state index in [1.807, 2.05) is 0 Å². The fourth-order valence-electron chi connectivity index (χ4n) is 5.48. The number of esters is 1. The second-order valence-electron chi connectivity index (χ2n) is 8.13. The lowest BCUT2D eigenvalue weighted by atomic mass is 9.47. The van der Waals surface area contributed by atoms with Crippen LogP contribution in [0.2, 0.25) is 0 Å². The number of hydrogen-bond donors (Lipinski definition) is 2. The lowest BCUT2D eigenvalue weighted by molar-refractivity contribution is -0.238. The summed E-state index contributed by atoms with van der Waals surface area (Å²) in [5.41, 5.74) is -2.24. The maximum atomic E-state index is 12.4. The number of aliphatic hydroxyl groups is 2. The van der Waals surface area contributed by atoms with Crippen LogP contribution in [-0.2, 0) is 9.53 Å². The lowest BCUT2D eigenvalue weighted by Gasteiger charge is -2.62. The minimum absolute atomic E-state index is 0.242. The molecule has 1 atom stereocenters. The van der Waals surface area contributed by atoms with E-state index in [1.54, 1.807) is 0 Å². The molecule has 4 saturated carbocycles. The van der Waals surface area contributed by atoms with Gasteiger partial charge in [-0.15, -0.1) is 0 Å². The largest absolute Gasteiger partial charge is 0.456 e. The monoisotopic (exact) mass is 296 g/mol. The molecule has 0 aromatic rings. The SMILES string of the molecule is CC(C)C1(OC(=O)C(C)(O)CO)C2CC3CC(C2)CC1C3. The number of carbonyl (C=O) groups is 1. The quantitative estimate of drug-likeness (QED) is 0.780. The summed E-state index contributed by atoms with van der Waals surface area (Å²) in [5.74, 6) is 2.03. The first-order valence-corrected chi connectivity index (χ1v) is 8.36. The second kappa shape index (κ2) is 4.95. The summed E-state index contributed by atoms with van der Waals surface area (Å²) < 4.78 is 5.98. The highest BCUT2D eigenvalue weighted by molar-refractivity contribution is 5.79. The summed E-state index contributed by atoms with van der Waals surface area (Å²) in [6, 6.07) is 0. The van der Waals surface area contributed by atoms with Gasteiger partial charge in [0, 0.05) is 0 Å². The number of rotatable bonds is 4. The number of hydrogen-bond acceptors (Lipinski definition) is 4. The van der Waals surface area contributed by atoms with Crippen molar-refractivity contribution in [2.45, 2.75) is 64.1 Å². The molecule has 2 N–H and O–H groups in total. The summed E-state index contributed by atoms with van der Waals surface area (Å²) in [4.78, 5) is 12.4. The molecule has 0 aromatic carbocycles. The molecule has 21 heavy (non-hydrogen) atoms. The molecule has 4 nitrogen and oxygen atoms in total. The molecule has 120 valence electrons. The average molecular weight is 296 g/mol. The third kappa shape index (κ3) is 2.22. The van der Waals surface area contributed by atoms with Crippen LogP contribution in [0.4, 0.5) is 0 Å². The third-order valence-corrected chi connectivity index (χ3v) is 6.33. The molecule has 0 amide bonds. The molecule has 1 unspecified atom stereocenters. The van der Waals surface area contributed by atoms with Gasteiger partial charge < -0.3 is 14.9 Å². The van der Waals surface area contributed by atoms with Crippen molar-refractivity contribution >= 4 is 5.97 Å². The van der Waals surface area contributed by atoms with E-state index in [9.17, 15) is 15.0 Å². The van der Waals surface area contributed by atoms with Gasteiger partial charge in [0.2, 0.25) is 0 Å². The molecule has 4 bridgehead atoms. The van der Waals surface area contributed by atoms with Crippen LogP contribution in [0, 0.1) is 29.6 Å². The molecule has 4 aliphatic rings. The first-order chi connectivity index (χ1) is 9.79. The zero-order chi connectivity index (χ0) is 15.4. The van der Waals surface area contributed by atoms with E-state index in [0.29, 0.717) is 11.8 Å². The summed E-state index contributed by atoms with van der Waals surface area (Å²) in [6.45, 7) is 4.99. The summed E-state index contributed by atoms with van der Waals surface area (Å²) >= 11 is 0. The standard InChI is InChI=1S/C17H28O4/c1-10(2)17(21-15(19)16(3,20)9-18)13-5-11-4-12(7-13)8-14(17)6-11/h10-14,18,20H,4-9H2,1-3H3. The minimum atomic E-state index is -1.80. The van der Waals surface area contributed by atoms with E-state index >= 15 is 0 Å². The Bertz CT molecular complexity index is 399. The maximum absolute atomic E-state index is 12.4. The van der Waals surface area contributed by atoms with E-state index in [-0.39, 0.29) is 5.92 Å². The second-order valence-corrected chi connectivity index (χ2v) is 8.13. The van der Waals surface area contributed by atoms with Gasteiger partial charge in [-0.3, -0.25) is 0 Å². The van der Waals surface area contributed by atoms with Crippen molar-refractivity contribution in [1.29, 1.82) is 0 Å². The summed E-state index contributed by atoms with van der Waals surface area (Å²) in [5, 5.41) is 19.2. The number of ether oxygens (including phenoxy) is 1. The van der Waals surface area contributed by atoms with Crippen LogP contribution >= 0.6 is 0 Å². The molecule has 0 aliphatic heterocycles. The Labute approximate surface area is 126 Å². The van der Waals surface area contributed by atoms with Gasteiger partial charge in [0.05, 0.1) is 6.61 Å². The van der Waals surface area contributed by atoms with Gasteiger partial charge in [0.1, 0.15) is 5.60 Å². The zero-order valence-corrected chi connectivity index (χ0v) is 13.3. The highest BCUT2D eigenvalue weighted by Crippen LogP contribution is 2.61. The van der Waals surface area contributed by atoms with Crippen molar-refractivity contribution in [3.05, 3.63) is 0 Å². The molecule has 4 rings (SSSR count). The normalized spacial score (nSPS) is 43.9. The smallest absolute Gasteiger partial charge is 0.340 e. The van der Waals surface area contributed by atoms with Crippen LogP contribution in [0.5, 0.6) is 0 Å². The topological polar surface area (TPSA) is 66.8 Å². The van der Waals surface area contributed by atoms with Crippen LogP contribution in [0.3, 0.4) is 0 Å². The Hall–Kier alpha value is -0.610. The Morgan fingerprint density at radius 3 is 2.05 bits per heavy atom. The summed E-state index contributed by atoms with van der Waals surface area (Å²) in [7, 11) is 0. The first-order valence-electron chi connectivity index (χ1n) is 8.36. The molecule has 0 heterocycles. The summed E-state index contributed by atoms with van der Waals surface area (Å²) in [6.07, 6.45) is 5.96. The molecule has 0 spiro atoms. The Kier molecular flexibility index (Phi) is 3.61. The van der Waals surface area contributed by atoms with Crippen LogP contribution in [0.25, 0.3) is 0 Å². The molecule has 4 heteroatoms. The molecular weight excluding hydrogens is 268 g/mol. The Morgan fingerprint density at radius 2 is 1.67 bits per heavy atom. The molecule has 0 aromatic heterocycles. The van der Waals surface area contributed by atoms with Crippen LogP contribution in [-0.4, -0.2) is 34.0 Å². The third-order valence-electron chi connectivity index (χ3n) is 6.33. The van der Waals surface area contributed by atoms with Gasteiger partial charge in [-0.1, -0.05) is 13.8 Å². The Balaban J connectivity index is 1.89.